The lowest BCUT2D eigenvalue weighted by atomic mass is 9.92. The number of amides is 1. The highest BCUT2D eigenvalue weighted by atomic mass is 32.2. The maximum atomic E-state index is 13.7. The number of carbonyl (C=O) groups excluding carboxylic acids is 1. The molecule has 1 saturated heterocycles. The largest absolute Gasteiger partial charge is 0.493 e. The van der Waals surface area contributed by atoms with Gasteiger partial charge in [-0.3, -0.25) is 9.48 Å². The summed E-state index contributed by atoms with van der Waals surface area (Å²) in [5, 5.41) is 4.24. The lowest BCUT2D eigenvalue weighted by molar-refractivity contribution is 0.0546. The fraction of sp³-hybridized carbons (Fsp3) is 0.565. The van der Waals surface area contributed by atoms with E-state index in [4.69, 9.17) is 4.74 Å². The maximum Gasteiger partial charge on any atom is 0.257 e. The minimum atomic E-state index is -3.72. The van der Waals surface area contributed by atoms with Crippen LogP contribution >= 0.6 is 0 Å². The summed E-state index contributed by atoms with van der Waals surface area (Å²) in [5.74, 6) is 0.459. The van der Waals surface area contributed by atoms with Crippen LogP contribution in [0.15, 0.2) is 35.4 Å². The van der Waals surface area contributed by atoms with Crippen molar-refractivity contribution in [3.8, 4) is 5.75 Å². The van der Waals surface area contributed by atoms with Crippen LogP contribution in [-0.4, -0.2) is 65.6 Å². The summed E-state index contributed by atoms with van der Waals surface area (Å²) >= 11 is 0. The zero-order valence-corrected chi connectivity index (χ0v) is 19.8. The van der Waals surface area contributed by atoms with Crippen molar-refractivity contribution in [2.75, 3.05) is 20.2 Å². The van der Waals surface area contributed by atoms with Gasteiger partial charge >= 0.3 is 0 Å². The summed E-state index contributed by atoms with van der Waals surface area (Å²) in [6, 6.07) is 6.84. The van der Waals surface area contributed by atoms with Gasteiger partial charge in [0.1, 0.15) is 10.6 Å². The van der Waals surface area contributed by atoms with E-state index in [0.717, 1.165) is 25.7 Å². The molecule has 1 fully saturated rings. The maximum absolute atomic E-state index is 13.7. The highest BCUT2D eigenvalue weighted by molar-refractivity contribution is 7.89. The number of carbonyl (C=O) groups is 1. The van der Waals surface area contributed by atoms with Gasteiger partial charge in [-0.1, -0.05) is 25.0 Å². The molecule has 4 rings (SSSR count). The van der Waals surface area contributed by atoms with Crippen LogP contribution < -0.4 is 4.74 Å². The Morgan fingerprint density at radius 1 is 1.03 bits per heavy atom. The van der Waals surface area contributed by atoms with E-state index in [1.54, 1.807) is 42.5 Å². The van der Waals surface area contributed by atoms with Crippen molar-refractivity contribution in [3.63, 3.8) is 0 Å². The van der Waals surface area contributed by atoms with E-state index in [9.17, 15) is 13.2 Å². The standard InChI is InChI=1S/C23H32N4O4S/c1-17-22(16-25(2)24-17)32(29,30)27-14-9-12-19-20(27)11-5-4-8-15-31-21-13-7-6-10-18(21)23(28)26(19)3/h6-7,10,13,16,19-20H,4-5,8-9,11-12,14-15H2,1-3H3/t19-,20-/m0/s1. The molecule has 0 N–H and O–H groups in total. The first kappa shape index (κ1) is 22.8. The first-order valence-electron chi connectivity index (χ1n) is 11.3. The molecule has 2 atom stereocenters. The molecule has 2 aliphatic rings. The molecule has 174 valence electrons. The first-order chi connectivity index (χ1) is 15.3. The molecule has 8 nitrogen and oxygen atoms in total. The molecule has 2 aromatic rings. The van der Waals surface area contributed by atoms with Crippen molar-refractivity contribution >= 4 is 15.9 Å². The molecule has 1 aromatic heterocycles. The molecule has 9 heteroatoms. The normalized spacial score (nSPS) is 23.5. The van der Waals surface area contributed by atoms with E-state index in [0.29, 0.717) is 43.0 Å². The van der Waals surface area contributed by atoms with Gasteiger partial charge in [0.25, 0.3) is 5.91 Å². The summed E-state index contributed by atoms with van der Waals surface area (Å²) in [4.78, 5) is 15.4. The first-order valence-corrected chi connectivity index (χ1v) is 12.8. The average Bonchev–Trinajstić information content (AvgIpc) is 3.13. The number of fused-ring (bicyclic) bond motifs is 2. The molecular weight excluding hydrogens is 428 g/mol. The van der Waals surface area contributed by atoms with Crippen molar-refractivity contribution in [1.29, 1.82) is 0 Å². The number of benzene rings is 1. The number of hydrogen-bond acceptors (Lipinski definition) is 5. The monoisotopic (exact) mass is 460 g/mol. The summed E-state index contributed by atoms with van der Waals surface area (Å²) in [6.07, 6.45) is 6.46. The van der Waals surface area contributed by atoms with Crippen LogP contribution in [0.25, 0.3) is 0 Å². The fourth-order valence-electron chi connectivity index (χ4n) is 4.97. The van der Waals surface area contributed by atoms with Crippen molar-refractivity contribution in [3.05, 3.63) is 41.7 Å². The smallest absolute Gasteiger partial charge is 0.257 e. The predicted molar refractivity (Wildman–Crippen MR) is 121 cm³/mol. The average molecular weight is 461 g/mol. The van der Waals surface area contributed by atoms with Gasteiger partial charge in [-0.2, -0.15) is 9.40 Å². The number of nitrogens with zero attached hydrogens (tertiary/aromatic N) is 4. The molecule has 3 heterocycles. The Labute approximate surface area is 190 Å². The molecule has 2 aliphatic heterocycles. The van der Waals surface area contributed by atoms with Crippen molar-refractivity contribution in [1.82, 2.24) is 19.0 Å². The van der Waals surface area contributed by atoms with Gasteiger partial charge in [0.15, 0.2) is 0 Å². The molecule has 32 heavy (non-hydrogen) atoms. The molecule has 0 bridgehead atoms. The van der Waals surface area contributed by atoms with Gasteiger partial charge in [0, 0.05) is 38.9 Å². The zero-order chi connectivity index (χ0) is 22.9. The van der Waals surface area contributed by atoms with E-state index >= 15 is 0 Å². The van der Waals surface area contributed by atoms with Crippen LogP contribution in [0.2, 0.25) is 0 Å². The van der Waals surface area contributed by atoms with Crippen molar-refractivity contribution in [2.45, 2.75) is 62.4 Å². The topological polar surface area (TPSA) is 84.7 Å². The number of likely N-dealkylation sites (N-methyl/N-ethyl adjacent to an activating group) is 1. The number of hydrogen-bond donors (Lipinski definition) is 0. The Kier molecular flexibility index (Phi) is 6.57. The second-order valence-corrected chi connectivity index (χ2v) is 10.6. The Morgan fingerprint density at radius 2 is 1.78 bits per heavy atom. The van der Waals surface area contributed by atoms with Crippen LogP contribution in [-0.2, 0) is 17.1 Å². The highest BCUT2D eigenvalue weighted by Gasteiger charge is 2.42. The van der Waals surface area contributed by atoms with Crippen LogP contribution in [0.4, 0.5) is 0 Å². The second kappa shape index (κ2) is 9.23. The third kappa shape index (κ3) is 4.28. The number of sulfonamides is 1. The van der Waals surface area contributed by atoms with Crippen molar-refractivity contribution < 1.29 is 17.9 Å². The molecule has 0 spiro atoms. The number of aromatic nitrogens is 2. The Balaban J connectivity index is 1.71. The zero-order valence-electron chi connectivity index (χ0n) is 19.0. The third-order valence-electron chi connectivity index (χ3n) is 6.58. The number of rotatable bonds is 2. The molecular formula is C23H32N4O4S. The minimum absolute atomic E-state index is 0.132. The lowest BCUT2D eigenvalue weighted by Gasteiger charge is -2.44. The number of aryl methyl sites for hydroxylation is 2. The SMILES string of the molecule is Cc1nn(C)cc1S(=O)(=O)N1CCC[C@H]2[C@@H]1CCCCCOc1ccccc1C(=O)N2C. The van der Waals surface area contributed by atoms with Gasteiger partial charge < -0.3 is 9.64 Å². The Bertz CT molecular complexity index is 1080. The second-order valence-electron chi connectivity index (χ2n) is 8.76. The fourth-order valence-corrected chi connectivity index (χ4v) is 6.90. The Morgan fingerprint density at radius 3 is 2.53 bits per heavy atom. The van der Waals surface area contributed by atoms with Crippen molar-refractivity contribution in [2.24, 2.45) is 7.05 Å². The molecule has 0 saturated carbocycles. The van der Waals surface area contributed by atoms with E-state index < -0.39 is 10.0 Å². The van der Waals surface area contributed by atoms with Crippen LogP contribution in [0.1, 0.15) is 54.6 Å². The van der Waals surface area contributed by atoms with Gasteiger partial charge in [0.05, 0.1) is 17.9 Å². The molecule has 0 aliphatic carbocycles. The van der Waals surface area contributed by atoms with Gasteiger partial charge in [-0.15, -0.1) is 0 Å². The Hall–Kier alpha value is -2.39. The lowest BCUT2D eigenvalue weighted by Crippen LogP contribution is -2.57. The van der Waals surface area contributed by atoms with Gasteiger partial charge in [0.2, 0.25) is 10.0 Å². The number of para-hydroxylation sites is 1. The van der Waals surface area contributed by atoms with Crippen LogP contribution in [0, 0.1) is 6.92 Å². The van der Waals surface area contributed by atoms with Crippen LogP contribution in [0.3, 0.4) is 0 Å². The number of piperidine rings is 1. The molecule has 1 amide bonds. The van der Waals surface area contributed by atoms with E-state index in [-0.39, 0.29) is 22.9 Å². The molecule has 1 aromatic carbocycles. The summed E-state index contributed by atoms with van der Waals surface area (Å²) in [6.45, 7) is 2.72. The summed E-state index contributed by atoms with van der Waals surface area (Å²) in [7, 11) is -0.207. The van der Waals surface area contributed by atoms with Crippen LogP contribution in [0.5, 0.6) is 5.75 Å². The van der Waals surface area contributed by atoms with Gasteiger partial charge in [-0.25, -0.2) is 8.42 Å². The number of ether oxygens (including phenoxy) is 1. The van der Waals surface area contributed by atoms with E-state index in [1.807, 2.05) is 18.2 Å². The predicted octanol–water partition coefficient (Wildman–Crippen LogP) is 2.98. The summed E-state index contributed by atoms with van der Waals surface area (Å²) in [5.41, 5.74) is 1.02. The van der Waals surface area contributed by atoms with Gasteiger partial charge in [-0.05, 0) is 44.7 Å². The third-order valence-corrected chi connectivity index (χ3v) is 8.61. The molecule has 0 radical (unpaired) electrons. The van der Waals surface area contributed by atoms with E-state index in [1.165, 1.54) is 4.68 Å². The summed E-state index contributed by atoms with van der Waals surface area (Å²) < 4.78 is 36.4. The quantitative estimate of drug-likeness (QED) is 0.688. The minimum Gasteiger partial charge on any atom is -0.493 e. The molecule has 0 unspecified atom stereocenters. The van der Waals surface area contributed by atoms with E-state index in [2.05, 4.69) is 5.10 Å². The highest BCUT2D eigenvalue weighted by Crippen LogP contribution is 2.33.